The van der Waals surface area contributed by atoms with Crippen molar-refractivity contribution in [3.05, 3.63) is 28.8 Å². The first-order valence-electron chi connectivity index (χ1n) is 5.65. The third-order valence-corrected chi connectivity index (χ3v) is 2.88. The molecule has 2 nitrogen and oxygen atoms in total. The van der Waals surface area contributed by atoms with Crippen molar-refractivity contribution in [3.63, 3.8) is 0 Å². The van der Waals surface area contributed by atoms with Crippen molar-refractivity contribution in [1.29, 1.82) is 0 Å². The molecule has 0 saturated carbocycles. The number of hydrogen-bond acceptors (Lipinski definition) is 2. The standard InChI is InChI=1S/C12H14ClF3N2S/c1-2-5-18(7-12(14,15)16)10-6-8(13)3-4-9(10)11(17)19/h3-4,6H,2,5,7H2,1H3,(H2,17,19). The van der Waals surface area contributed by atoms with Crippen LogP contribution in [0.5, 0.6) is 0 Å². The van der Waals surface area contributed by atoms with Gasteiger partial charge in [0.15, 0.2) is 0 Å². The number of halogens is 4. The van der Waals surface area contributed by atoms with Gasteiger partial charge in [-0.15, -0.1) is 0 Å². The Morgan fingerprint density at radius 2 is 2.05 bits per heavy atom. The summed E-state index contributed by atoms with van der Waals surface area (Å²) in [6.07, 6.45) is -3.73. The molecule has 1 aromatic rings. The van der Waals surface area contributed by atoms with Gasteiger partial charge in [-0.25, -0.2) is 0 Å². The van der Waals surface area contributed by atoms with E-state index in [9.17, 15) is 13.2 Å². The van der Waals surface area contributed by atoms with Gasteiger partial charge in [-0.1, -0.05) is 30.7 Å². The molecule has 0 aliphatic rings. The molecular formula is C12H14ClF3N2S. The SMILES string of the molecule is CCCN(CC(F)(F)F)c1cc(Cl)ccc1C(N)=S. The Labute approximate surface area is 120 Å². The van der Waals surface area contributed by atoms with Crippen LogP contribution < -0.4 is 10.6 Å². The van der Waals surface area contributed by atoms with Crippen LogP contribution in [0.15, 0.2) is 18.2 Å². The lowest BCUT2D eigenvalue weighted by Crippen LogP contribution is -2.36. The van der Waals surface area contributed by atoms with E-state index in [1.807, 2.05) is 0 Å². The summed E-state index contributed by atoms with van der Waals surface area (Å²) in [5.74, 6) is 0. The Balaban J connectivity index is 3.20. The van der Waals surface area contributed by atoms with Gasteiger partial charge in [-0.2, -0.15) is 13.2 Å². The molecule has 0 radical (unpaired) electrons. The molecule has 0 aliphatic carbocycles. The van der Waals surface area contributed by atoms with Gasteiger partial charge >= 0.3 is 6.18 Å². The highest BCUT2D eigenvalue weighted by Gasteiger charge is 2.31. The third kappa shape index (κ3) is 4.87. The lowest BCUT2D eigenvalue weighted by atomic mass is 10.1. The Hall–Kier alpha value is -1.01. The quantitative estimate of drug-likeness (QED) is 0.840. The first-order valence-corrected chi connectivity index (χ1v) is 6.44. The fourth-order valence-corrected chi connectivity index (χ4v) is 2.08. The van der Waals surface area contributed by atoms with Gasteiger partial charge in [-0.05, 0) is 24.6 Å². The molecule has 2 N–H and O–H groups in total. The van der Waals surface area contributed by atoms with Crippen LogP contribution in [0.2, 0.25) is 5.02 Å². The van der Waals surface area contributed by atoms with Crippen molar-refractivity contribution in [2.24, 2.45) is 5.73 Å². The van der Waals surface area contributed by atoms with Crippen molar-refractivity contribution in [2.45, 2.75) is 19.5 Å². The summed E-state index contributed by atoms with van der Waals surface area (Å²) >= 11 is 10.7. The monoisotopic (exact) mass is 310 g/mol. The van der Waals surface area contributed by atoms with E-state index in [2.05, 4.69) is 0 Å². The fraction of sp³-hybridized carbons (Fsp3) is 0.417. The molecular weight excluding hydrogens is 297 g/mol. The molecule has 7 heteroatoms. The Morgan fingerprint density at radius 3 is 2.53 bits per heavy atom. The van der Waals surface area contributed by atoms with E-state index in [-0.39, 0.29) is 11.5 Å². The zero-order valence-corrected chi connectivity index (χ0v) is 11.9. The van der Waals surface area contributed by atoms with Crippen molar-refractivity contribution < 1.29 is 13.2 Å². The molecule has 1 aromatic carbocycles. The first kappa shape index (κ1) is 16.0. The van der Waals surface area contributed by atoms with Crippen molar-refractivity contribution in [1.82, 2.24) is 0 Å². The van der Waals surface area contributed by atoms with Gasteiger partial charge in [0.25, 0.3) is 0 Å². The molecule has 106 valence electrons. The molecule has 0 amide bonds. The summed E-state index contributed by atoms with van der Waals surface area (Å²) in [7, 11) is 0. The molecule has 0 saturated heterocycles. The van der Waals surface area contributed by atoms with Crippen molar-refractivity contribution in [2.75, 3.05) is 18.0 Å². The number of alkyl halides is 3. The van der Waals surface area contributed by atoms with Crippen molar-refractivity contribution >= 4 is 34.5 Å². The molecule has 0 fully saturated rings. The molecule has 19 heavy (non-hydrogen) atoms. The number of anilines is 1. The van der Waals surface area contributed by atoms with Gasteiger partial charge in [0.2, 0.25) is 0 Å². The Kier molecular flexibility index (Phi) is 5.43. The summed E-state index contributed by atoms with van der Waals surface area (Å²) in [4.78, 5) is 1.25. The summed E-state index contributed by atoms with van der Waals surface area (Å²) < 4.78 is 37.8. The zero-order valence-electron chi connectivity index (χ0n) is 10.3. The number of benzene rings is 1. The normalized spacial score (nSPS) is 11.4. The van der Waals surface area contributed by atoms with Gasteiger partial charge in [-0.3, -0.25) is 0 Å². The van der Waals surface area contributed by atoms with E-state index < -0.39 is 12.7 Å². The predicted molar refractivity (Wildman–Crippen MR) is 75.9 cm³/mol. The highest BCUT2D eigenvalue weighted by molar-refractivity contribution is 7.80. The number of nitrogens with two attached hydrogens (primary N) is 1. The molecule has 0 bridgehead atoms. The molecule has 1 rings (SSSR count). The fourth-order valence-electron chi connectivity index (χ4n) is 1.75. The van der Waals surface area contributed by atoms with Crippen molar-refractivity contribution in [3.8, 4) is 0 Å². The second-order valence-electron chi connectivity index (χ2n) is 4.06. The second kappa shape index (κ2) is 6.43. The van der Waals surface area contributed by atoms with Crippen LogP contribution in [0.3, 0.4) is 0 Å². The van der Waals surface area contributed by atoms with Crippen LogP contribution in [0, 0.1) is 0 Å². The van der Waals surface area contributed by atoms with Crippen LogP contribution in [-0.2, 0) is 0 Å². The van der Waals surface area contributed by atoms with Crippen LogP contribution in [0.4, 0.5) is 18.9 Å². The number of rotatable bonds is 5. The maximum atomic E-state index is 12.6. The maximum Gasteiger partial charge on any atom is 0.405 e. The maximum absolute atomic E-state index is 12.6. The molecule has 0 aliphatic heterocycles. The predicted octanol–water partition coefficient (Wildman–Crippen LogP) is 3.75. The summed E-state index contributed by atoms with van der Waals surface area (Å²) in [6.45, 7) is 0.987. The summed E-state index contributed by atoms with van der Waals surface area (Å²) in [6, 6.07) is 4.55. The van der Waals surface area contributed by atoms with E-state index in [0.717, 1.165) is 0 Å². The highest BCUT2D eigenvalue weighted by Crippen LogP contribution is 2.28. The van der Waals surface area contributed by atoms with Crippen LogP contribution >= 0.6 is 23.8 Å². The second-order valence-corrected chi connectivity index (χ2v) is 4.94. The molecule has 0 spiro atoms. The number of nitrogens with zero attached hydrogens (tertiary/aromatic N) is 1. The van der Waals surface area contributed by atoms with Gasteiger partial charge < -0.3 is 10.6 Å². The van der Waals surface area contributed by atoms with Crippen LogP contribution in [0.1, 0.15) is 18.9 Å². The van der Waals surface area contributed by atoms with E-state index >= 15 is 0 Å². The minimum absolute atomic E-state index is 0.0509. The summed E-state index contributed by atoms with van der Waals surface area (Å²) in [5.41, 5.74) is 6.26. The van der Waals surface area contributed by atoms with E-state index in [4.69, 9.17) is 29.6 Å². The minimum atomic E-state index is -4.30. The van der Waals surface area contributed by atoms with E-state index in [0.29, 0.717) is 22.7 Å². The molecule has 0 unspecified atom stereocenters. The average Bonchev–Trinajstić information content (AvgIpc) is 2.26. The average molecular weight is 311 g/mol. The number of hydrogen-bond donors (Lipinski definition) is 1. The van der Waals surface area contributed by atoms with E-state index in [1.165, 1.54) is 11.0 Å². The lowest BCUT2D eigenvalue weighted by Gasteiger charge is -2.27. The topological polar surface area (TPSA) is 29.3 Å². The Bertz CT molecular complexity index is 463. The van der Waals surface area contributed by atoms with Gasteiger partial charge in [0, 0.05) is 22.8 Å². The Morgan fingerprint density at radius 1 is 1.42 bits per heavy atom. The van der Waals surface area contributed by atoms with Crippen LogP contribution in [0.25, 0.3) is 0 Å². The lowest BCUT2D eigenvalue weighted by molar-refractivity contribution is -0.119. The molecule has 0 aromatic heterocycles. The molecule has 0 atom stereocenters. The minimum Gasteiger partial charge on any atom is -0.389 e. The number of thiocarbonyl (C=S) groups is 1. The molecule has 0 heterocycles. The summed E-state index contributed by atoms with van der Waals surface area (Å²) in [5, 5.41) is 0.346. The highest BCUT2D eigenvalue weighted by atomic mass is 35.5. The zero-order chi connectivity index (χ0) is 14.6. The van der Waals surface area contributed by atoms with E-state index in [1.54, 1.807) is 19.1 Å². The third-order valence-electron chi connectivity index (χ3n) is 2.43. The smallest absolute Gasteiger partial charge is 0.389 e. The van der Waals surface area contributed by atoms with Gasteiger partial charge in [0.05, 0.1) is 0 Å². The van der Waals surface area contributed by atoms with Gasteiger partial charge in [0.1, 0.15) is 11.5 Å². The van der Waals surface area contributed by atoms with Crippen LogP contribution in [-0.4, -0.2) is 24.3 Å². The first-order chi connectivity index (χ1) is 8.74. The largest absolute Gasteiger partial charge is 0.405 e.